The van der Waals surface area contributed by atoms with Crippen LogP contribution in [0.3, 0.4) is 0 Å². The van der Waals surface area contributed by atoms with Crippen molar-refractivity contribution in [1.82, 2.24) is 15.5 Å². The smallest absolute Gasteiger partial charge is 0.417 e. The summed E-state index contributed by atoms with van der Waals surface area (Å²) in [7, 11) is 0.918. The van der Waals surface area contributed by atoms with Gasteiger partial charge in [-0.05, 0) is 58.6 Å². The van der Waals surface area contributed by atoms with Crippen molar-refractivity contribution in [3.05, 3.63) is 28.8 Å². The molecule has 0 aromatic heterocycles. The van der Waals surface area contributed by atoms with Crippen molar-refractivity contribution >= 4 is 12.0 Å². The van der Waals surface area contributed by atoms with E-state index in [1.165, 1.54) is 0 Å². The maximum absolute atomic E-state index is 13.8. The number of alkyl halides is 6. The molecule has 7 nitrogen and oxygen atoms in total. The van der Waals surface area contributed by atoms with Gasteiger partial charge in [-0.15, -0.1) is 0 Å². The van der Waals surface area contributed by atoms with Crippen LogP contribution in [0.4, 0.5) is 31.1 Å². The standard InChI is InChI=1S/C26H35F6N3O4/c1-24(2,3)39-23(37)35-11-9-16(10-12-35)33-18-7-5-6-8-19(18)34-22(36)21-17(26(30,31)32)13-15(25(27,28)29)14-20(21)38-4/h13-14,16,18-19,33H,5-12H2,1-4H3,(H,34,36)/t18-,19+/m1/s1. The maximum Gasteiger partial charge on any atom is 0.417 e. The number of benzene rings is 1. The average molecular weight is 568 g/mol. The topological polar surface area (TPSA) is 79.9 Å². The van der Waals surface area contributed by atoms with Crippen LogP contribution in [0.2, 0.25) is 0 Å². The third-order valence-electron chi connectivity index (χ3n) is 6.86. The second kappa shape index (κ2) is 11.8. The number of amides is 2. The number of rotatable bonds is 5. The van der Waals surface area contributed by atoms with Crippen molar-refractivity contribution in [2.45, 2.75) is 95.4 Å². The van der Waals surface area contributed by atoms with E-state index in [1.54, 1.807) is 25.7 Å². The number of methoxy groups -OCH3 is 1. The first kappa shape index (κ1) is 30.8. The number of hydrogen-bond acceptors (Lipinski definition) is 5. The molecule has 2 atom stereocenters. The zero-order chi connectivity index (χ0) is 29.2. The molecule has 3 rings (SSSR count). The molecule has 0 unspecified atom stereocenters. The monoisotopic (exact) mass is 567 g/mol. The largest absolute Gasteiger partial charge is 0.496 e. The number of likely N-dealkylation sites (tertiary alicyclic amines) is 1. The van der Waals surface area contributed by atoms with Crippen molar-refractivity contribution in [3.63, 3.8) is 0 Å². The van der Waals surface area contributed by atoms with Crippen LogP contribution < -0.4 is 15.4 Å². The van der Waals surface area contributed by atoms with Crippen LogP contribution in [-0.2, 0) is 17.1 Å². The van der Waals surface area contributed by atoms with Gasteiger partial charge in [0.2, 0.25) is 0 Å². The Morgan fingerprint density at radius 3 is 2.00 bits per heavy atom. The third-order valence-corrected chi connectivity index (χ3v) is 6.86. The van der Waals surface area contributed by atoms with Gasteiger partial charge >= 0.3 is 18.4 Å². The number of ether oxygens (including phenoxy) is 2. The quantitative estimate of drug-likeness (QED) is 0.442. The van der Waals surface area contributed by atoms with Gasteiger partial charge in [-0.25, -0.2) is 4.79 Å². The van der Waals surface area contributed by atoms with Crippen molar-refractivity contribution < 1.29 is 45.4 Å². The molecule has 0 spiro atoms. The Kier molecular flexibility index (Phi) is 9.34. The SMILES string of the molecule is COc1cc(C(F)(F)F)cc(C(F)(F)F)c1C(=O)N[C@H]1CCCC[C@H]1NC1CCN(C(=O)OC(C)(C)C)CC1. The third kappa shape index (κ3) is 8.15. The van der Waals surface area contributed by atoms with Gasteiger partial charge in [0.1, 0.15) is 11.4 Å². The fourth-order valence-electron chi connectivity index (χ4n) is 5.00. The molecule has 2 amide bonds. The molecular formula is C26H35F6N3O4. The summed E-state index contributed by atoms with van der Waals surface area (Å²) in [6.07, 6.45) is -6.68. The van der Waals surface area contributed by atoms with Crippen LogP contribution in [0.1, 0.15) is 80.8 Å². The van der Waals surface area contributed by atoms with Gasteiger partial charge in [-0.2, -0.15) is 26.3 Å². The Bertz CT molecular complexity index is 1030. The van der Waals surface area contributed by atoms with Gasteiger partial charge in [0.15, 0.2) is 0 Å². The van der Waals surface area contributed by atoms with Gasteiger partial charge in [0.05, 0.1) is 23.8 Å². The van der Waals surface area contributed by atoms with E-state index in [9.17, 15) is 35.9 Å². The minimum absolute atomic E-state index is 0.0116. The van der Waals surface area contributed by atoms with Gasteiger partial charge in [-0.1, -0.05) is 12.8 Å². The summed E-state index contributed by atoms with van der Waals surface area (Å²) in [5, 5.41) is 6.10. The van der Waals surface area contributed by atoms with Gasteiger partial charge < -0.3 is 25.0 Å². The Balaban J connectivity index is 1.73. The number of carbonyl (C=O) groups excluding carboxylic acids is 2. The highest BCUT2D eigenvalue weighted by atomic mass is 19.4. The number of halogens is 6. The van der Waals surface area contributed by atoms with Crippen molar-refractivity contribution in [2.24, 2.45) is 0 Å². The summed E-state index contributed by atoms with van der Waals surface area (Å²) in [5.41, 5.74) is -4.85. The zero-order valence-corrected chi connectivity index (χ0v) is 22.4. The molecule has 1 heterocycles. The van der Waals surface area contributed by atoms with E-state index in [1.807, 2.05) is 0 Å². The lowest BCUT2D eigenvalue weighted by Crippen LogP contribution is -2.56. The molecular weight excluding hydrogens is 532 g/mol. The predicted molar refractivity (Wildman–Crippen MR) is 130 cm³/mol. The summed E-state index contributed by atoms with van der Waals surface area (Å²) in [6.45, 7) is 6.29. The highest BCUT2D eigenvalue weighted by Crippen LogP contribution is 2.41. The number of nitrogens with one attached hydrogen (secondary N) is 2. The highest BCUT2D eigenvalue weighted by Gasteiger charge is 2.42. The summed E-state index contributed by atoms with van der Waals surface area (Å²) < 4.78 is 91.3. The molecule has 1 saturated heterocycles. The normalized spacial score (nSPS) is 21.4. The molecule has 2 aliphatic rings. The summed E-state index contributed by atoms with van der Waals surface area (Å²) in [6, 6.07) is -0.442. The lowest BCUT2D eigenvalue weighted by atomic mass is 9.88. The van der Waals surface area contributed by atoms with Crippen LogP contribution in [0, 0.1) is 0 Å². The van der Waals surface area contributed by atoms with Crippen LogP contribution in [0.15, 0.2) is 12.1 Å². The molecule has 2 fully saturated rings. The molecule has 39 heavy (non-hydrogen) atoms. The molecule has 0 radical (unpaired) electrons. The van der Waals surface area contributed by atoms with E-state index in [2.05, 4.69) is 10.6 Å². The fourth-order valence-corrected chi connectivity index (χ4v) is 5.00. The highest BCUT2D eigenvalue weighted by molar-refractivity contribution is 5.99. The first-order valence-electron chi connectivity index (χ1n) is 12.9. The first-order chi connectivity index (χ1) is 18.0. The van der Waals surface area contributed by atoms with Crippen molar-refractivity contribution in [1.29, 1.82) is 0 Å². The minimum atomic E-state index is -5.21. The zero-order valence-electron chi connectivity index (χ0n) is 22.4. The molecule has 1 aromatic rings. The van der Waals surface area contributed by atoms with E-state index >= 15 is 0 Å². The number of hydrogen-bond donors (Lipinski definition) is 2. The van der Waals surface area contributed by atoms with Crippen LogP contribution in [0.25, 0.3) is 0 Å². The number of nitrogens with zero attached hydrogens (tertiary/aromatic N) is 1. The Morgan fingerprint density at radius 1 is 0.897 bits per heavy atom. The fraction of sp³-hybridized carbons (Fsp3) is 0.692. The lowest BCUT2D eigenvalue weighted by Gasteiger charge is -2.39. The molecule has 1 saturated carbocycles. The molecule has 2 N–H and O–H groups in total. The van der Waals surface area contributed by atoms with Crippen molar-refractivity contribution in [3.8, 4) is 5.75 Å². The van der Waals surface area contributed by atoms with Crippen LogP contribution in [-0.4, -0.2) is 60.8 Å². The lowest BCUT2D eigenvalue weighted by molar-refractivity contribution is -0.143. The van der Waals surface area contributed by atoms with E-state index in [-0.39, 0.29) is 18.2 Å². The van der Waals surface area contributed by atoms with Gasteiger partial charge in [-0.3, -0.25) is 4.79 Å². The van der Waals surface area contributed by atoms with Crippen molar-refractivity contribution in [2.75, 3.05) is 20.2 Å². The van der Waals surface area contributed by atoms with Gasteiger partial charge in [0.25, 0.3) is 5.91 Å². The average Bonchev–Trinajstić information content (AvgIpc) is 2.82. The molecule has 220 valence electrons. The maximum atomic E-state index is 13.8. The molecule has 1 aliphatic carbocycles. The minimum Gasteiger partial charge on any atom is -0.496 e. The predicted octanol–water partition coefficient (Wildman–Crippen LogP) is 5.76. The van der Waals surface area contributed by atoms with Crippen LogP contribution >= 0.6 is 0 Å². The first-order valence-corrected chi connectivity index (χ1v) is 12.9. The Labute approximate surface area is 223 Å². The molecule has 13 heteroatoms. The second-order valence-electron chi connectivity index (χ2n) is 11.0. The molecule has 1 aliphatic heterocycles. The van der Waals surface area contributed by atoms with Gasteiger partial charge in [0, 0.05) is 31.2 Å². The molecule has 0 bridgehead atoms. The Morgan fingerprint density at radius 2 is 1.49 bits per heavy atom. The second-order valence-corrected chi connectivity index (χ2v) is 11.0. The Hall–Kier alpha value is -2.70. The van der Waals surface area contributed by atoms with E-state index < -0.39 is 58.4 Å². The van der Waals surface area contributed by atoms with E-state index in [0.29, 0.717) is 44.8 Å². The van der Waals surface area contributed by atoms with E-state index in [0.717, 1.165) is 20.0 Å². The van der Waals surface area contributed by atoms with Crippen LogP contribution in [0.5, 0.6) is 5.75 Å². The number of piperidine rings is 1. The summed E-state index contributed by atoms with van der Waals surface area (Å²) >= 11 is 0. The molecule has 1 aromatic carbocycles. The summed E-state index contributed by atoms with van der Waals surface area (Å²) in [4.78, 5) is 27.1. The van der Waals surface area contributed by atoms with E-state index in [4.69, 9.17) is 9.47 Å². The number of carbonyl (C=O) groups is 2. The summed E-state index contributed by atoms with van der Waals surface area (Å²) in [5.74, 6) is -1.95.